The first-order chi connectivity index (χ1) is 10.3. The minimum absolute atomic E-state index is 0.718. The van der Waals surface area contributed by atoms with Crippen molar-refractivity contribution < 1.29 is 0 Å². The number of rotatable bonds is 6. The molecule has 0 aliphatic heterocycles. The zero-order chi connectivity index (χ0) is 14.9. The third-order valence-corrected chi connectivity index (χ3v) is 4.53. The van der Waals surface area contributed by atoms with Crippen LogP contribution in [0.5, 0.6) is 0 Å². The molecule has 0 N–H and O–H groups in total. The Hall–Kier alpha value is -1.24. The average Bonchev–Trinajstić information content (AvgIpc) is 2.53. The molecule has 0 spiro atoms. The van der Waals surface area contributed by atoms with Gasteiger partial charge in [0.15, 0.2) is 0 Å². The van der Waals surface area contributed by atoms with E-state index in [2.05, 4.69) is 53.6 Å². The van der Waals surface area contributed by atoms with Crippen molar-refractivity contribution in [1.29, 1.82) is 0 Å². The Morgan fingerprint density at radius 3 is 2.52 bits per heavy atom. The molecule has 0 unspecified atom stereocenters. The molecular formula is C19H25NS. The number of hydrogen-bond acceptors (Lipinski definition) is 2. The second kappa shape index (κ2) is 8.92. The fourth-order valence-electron chi connectivity index (χ4n) is 3.13. The quantitative estimate of drug-likeness (QED) is 0.255. The SMILES string of the molecule is CCCCC=CC1CCC(c2ccc(N=C=S)cc2)CC1. The van der Waals surface area contributed by atoms with E-state index in [0.717, 1.165) is 17.5 Å². The van der Waals surface area contributed by atoms with E-state index < -0.39 is 0 Å². The molecule has 1 nitrogen and oxygen atoms in total. The maximum Gasteiger partial charge on any atom is 0.0739 e. The first-order valence-electron chi connectivity index (χ1n) is 8.18. The normalized spacial score (nSPS) is 22.1. The Morgan fingerprint density at radius 1 is 1.19 bits per heavy atom. The first kappa shape index (κ1) is 16.1. The number of isothiocyanates is 1. The molecule has 2 heteroatoms. The van der Waals surface area contributed by atoms with Crippen molar-refractivity contribution >= 4 is 23.1 Å². The Kier molecular flexibility index (Phi) is 6.85. The molecule has 1 aromatic carbocycles. The zero-order valence-corrected chi connectivity index (χ0v) is 13.7. The second-order valence-electron chi connectivity index (χ2n) is 5.98. The van der Waals surface area contributed by atoms with Gasteiger partial charge < -0.3 is 0 Å². The Balaban J connectivity index is 1.83. The summed E-state index contributed by atoms with van der Waals surface area (Å²) in [4.78, 5) is 4.01. The van der Waals surface area contributed by atoms with Crippen LogP contribution in [0.4, 0.5) is 5.69 Å². The van der Waals surface area contributed by atoms with E-state index in [0.29, 0.717) is 0 Å². The van der Waals surface area contributed by atoms with Crippen LogP contribution in [0.1, 0.15) is 63.4 Å². The predicted octanol–water partition coefficient (Wildman–Crippen LogP) is 6.44. The molecule has 1 saturated carbocycles. The molecule has 1 aliphatic rings. The van der Waals surface area contributed by atoms with Crippen LogP contribution in [-0.2, 0) is 0 Å². The van der Waals surface area contributed by atoms with Crippen LogP contribution in [-0.4, -0.2) is 5.16 Å². The van der Waals surface area contributed by atoms with Gasteiger partial charge in [-0.05, 0) is 73.9 Å². The maximum atomic E-state index is 4.63. The van der Waals surface area contributed by atoms with Gasteiger partial charge in [-0.15, -0.1) is 0 Å². The summed E-state index contributed by atoms with van der Waals surface area (Å²) in [5, 5.41) is 2.42. The van der Waals surface area contributed by atoms with E-state index in [1.54, 1.807) is 0 Å². The standard InChI is InChI=1S/C19H25NS/c1-2-3-4-5-6-16-7-9-17(10-8-16)18-11-13-19(14-12-18)20-15-21/h5-6,11-14,16-17H,2-4,7-10H2,1H3. The van der Waals surface area contributed by atoms with Gasteiger partial charge in [0.2, 0.25) is 0 Å². The summed E-state index contributed by atoms with van der Waals surface area (Å²) in [6, 6.07) is 8.50. The lowest BCUT2D eigenvalue weighted by atomic mass is 9.78. The highest BCUT2D eigenvalue weighted by molar-refractivity contribution is 7.78. The predicted molar refractivity (Wildman–Crippen MR) is 94.5 cm³/mol. The van der Waals surface area contributed by atoms with Crippen LogP contribution in [0.2, 0.25) is 0 Å². The maximum absolute atomic E-state index is 4.63. The largest absolute Gasteiger partial charge is 0.195 e. The van der Waals surface area contributed by atoms with Crippen molar-refractivity contribution in [2.75, 3.05) is 0 Å². The van der Waals surface area contributed by atoms with Gasteiger partial charge in [-0.2, -0.15) is 4.99 Å². The van der Waals surface area contributed by atoms with E-state index in [9.17, 15) is 0 Å². The summed E-state index contributed by atoms with van der Waals surface area (Å²) in [7, 11) is 0. The van der Waals surface area contributed by atoms with Crippen molar-refractivity contribution in [3.8, 4) is 0 Å². The highest BCUT2D eigenvalue weighted by atomic mass is 32.1. The van der Waals surface area contributed by atoms with Gasteiger partial charge in [-0.1, -0.05) is 44.1 Å². The van der Waals surface area contributed by atoms with Crippen LogP contribution in [0.25, 0.3) is 0 Å². The van der Waals surface area contributed by atoms with Gasteiger partial charge in [0.25, 0.3) is 0 Å². The molecular weight excluding hydrogens is 274 g/mol. The highest BCUT2D eigenvalue weighted by Crippen LogP contribution is 2.36. The van der Waals surface area contributed by atoms with Crippen molar-refractivity contribution in [2.45, 2.75) is 57.8 Å². The molecule has 0 saturated heterocycles. The van der Waals surface area contributed by atoms with Crippen molar-refractivity contribution in [1.82, 2.24) is 0 Å². The molecule has 1 aliphatic carbocycles. The van der Waals surface area contributed by atoms with E-state index in [1.807, 2.05) is 12.1 Å². The first-order valence-corrected chi connectivity index (χ1v) is 8.58. The lowest BCUT2D eigenvalue weighted by Gasteiger charge is -2.27. The number of aliphatic imine (C=N–C) groups is 1. The minimum atomic E-state index is 0.718. The molecule has 0 bridgehead atoms. The van der Waals surface area contributed by atoms with E-state index in [-0.39, 0.29) is 0 Å². The summed E-state index contributed by atoms with van der Waals surface area (Å²) < 4.78 is 0. The van der Waals surface area contributed by atoms with E-state index in [1.165, 1.54) is 50.5 Å². The van der Waals surface area contributed by atoms with Crippen molar-refractivity contribution in [2.24, 2.45) is 10.9 Å². The fraction of sp³-hybridized carbons (Fsp3) is 0.526. The number of benzene rings is 1. The number of allylic oxidation sites excluding steroid dienone is 2. The third-order valence-electron chi connectivity index (χ3n) is 4.44. The molecule has 0 atom stereocenters. The van der Waals surface area contributed by atoms with Gasteiger partial charge in [0, 0.05) is 0 Å². The van der Waals surface area contributed by atoms with Gasteiger partial charge >= 0.3 is 0 Å². The molecule has 0 amide bonds. The van der Waals surface area contributed by atoms with Gasteiger partial charge in [0.05, 0.1) is 10.8 Å². The van der Waals surface area contributed by atoms with E-state index >= 15 is 0 Å². The molecule has 2 rings (SSSR count). The molecule has 112 valence electrons. The Morgan fingerprint density at radius 2 is 1.90 bits per heavy atom. The summed E-state index contributed by atoms with van der Waals surface area (Å²) in [5.74, 6) is 1.52. The highest BCUT2D eigenvalue weighted by Gasteiger charge is 2.20. The third kappa shape index (κ3) is 5.22. The van der Waals surface area contributed by atoms with Crippen LogP contribution in [0.3, 0.4) is 0 Å². The summed E-state index contributed by atoms with van der Waals surface area (Å²) in [6.07, 6.45) is 14.0. The van der Waals surface area contributed by atoms with Gasteiger partial charge in [-0.25, -0.2) is 0 Å². The summed E-state index contributed by atoms with van der Waals surface area (Å²) in [5.41, 5.74) is 2.35. The Labute approximate surface area is 134 Å². The molecule has 0 aromatic heterocycles. The molecule has 0 heterocycles. The zero-order valence-electron chi connectivity index (χ0n) is 12.9. The molecule has 0 radical (unpaired) electrons. The van der Waals surface area contributed by atoms with Gasteiger partial charge in [-0.3, -0.25) is 0 Å². The van der Waals surface area contributed by atoms with E-state index in [4.69, 9.17) is 0 Å². The average molecular weight is 299 g/mol. The summed E-state index contributed by atoms with van der Waals surface area (Å²) >= 11 is 4.63. The van der Waals surface area contributed by atoms with Crippen LogP contribution < -0.4 is 0 Å². The fourth-order valence-corrected chi connectivity index (χ4v) is 3.23. The number of unbranched alkanes of at least 4 members (excludes halogenated alkanes) is 2. The molecule has 21 heavy (non-hydrogen) atoms. The lowest BCUT2D eigenvalue weighted by molar-refractivity contribution is 0.375. The van der Waals surface area contributed by atoms with Crippen LogP contribution >= 0.6 is 12.2 Å². The summed E-state index contributed by atoms with van der Waals surface area (Å²) in [6.45, 7) is 2.25. The number of hydrogen-bond donors (Lipinski definition) is 0. The molecule has 1 aromatic rings. The monoisotopic (exact) mass is 299 g/mol. The van der Waals surface area contributed by atoms with Gasteiger partial charge in [0.1, 0.15) is 0 Å². The smallest absolute Gasteiger partial charge is 0.0739 e. The van der Waals surface area contributed by atoms with Crippen LogP contribution in [0.15, 0.2) is 41.4 Å². The number of nitrogens with zero attached hydrogens (tertiary/aromatic N) is 1. The topological polar surface area (TPSA) is 12.4 Å². The van der Waals surface area contributed by atoms with Crippen LogP contribution in [0, 0.1) is 5.92 Å². The Bertz CT molecular complexity index is 489. The lowest BCUT2D eigenvalue weighted by Crippen LogP contribution is -2.11. The molecule has 1 fully saturated rings. The van der Waals surface area contributed by atoms with Crippen molar-refractivity contribution in [3.05, 3.63) is 42.0 Å². The minimum Gasteiger partial charge on any atom is -0.195 e. The number of thiocarbonyl (C=S) groups is 1. The second-order valence-corrected chi connectivity index (χ2v) is 6.16. The van der Waals surface area contributed by atoms with Crippen molar-refractivity contribution in [3.63, 3.8) is 0 Å².